The summed E-state index contributed by atoms with van der Waals surface area (Å²) >= 11 is 0. The van der Waals surface area contributed by atoms with Crippen LogP contribution in [0.2, 0.25) is 0 Å². The second-order valence-electron chi connectivity index (χ2n) is 7.04. The standard InChI is InChI=1S/C21H24N4O.ClH/c1-2-15-7-9-16(10-8-15)20(26)25-13-11-21(12-14-25)23-18-6-4-3-5-17(18)19(22)24-21;/h3-10,23H,2,11-14H2,1H3,(H2,22,24);1H. The molecule has 2 aliphatic rings. The van der Waals surface area contributed by atoms with Crippen molar-refractivity contribution in [2.24, 2.45) is 10.7 Å². The van der Waals surface area contributed by atoms with Crippen LogP contribution < -0.4 is 11.1 Å². The molecule has 6 heteroatoms. The number of likely N-dealkylation sites (tertiary alicyclic amines) is 1. The summed E-state index contributed by atoms with van der Waals surface area (Å²) in [5.41, 5.74) is 9.76. The molecule has 0 aromatic heterocycles. The van der Waals surface area contributed by atoms with Gasteiger partial charge in [-0.05, 0) is 36.2 Å². The van der Waals surface area contributed by atoms with Crippen molar-refractivity contribution >= 4 is 29.8 Å². The van der Waals surface area contributed by atoms with Gasteiger partial charge in [0.25, 0.3) is 5.91 Å². The fourth-order valence-corrected chi connectivity index (χ4v) is 3.77. The van der Waals surface area contributed by atoms with E-state index in [-0.39, 0.29) is 18.3 Å². The normalized spacial score (nSPS) is 17.4. The van der Waals surface area contributed by atoms with Crippen molar-refractivity contribution in [1.29, 1.82) is 0 Å². The minimum Gasteiger partial charge on any atom is -0.383 e. The number of halogens is 1. The van der Waals surface area contributed by atoms with E-state index < -0.39 is 5.66 Å². The molecule has 2 aliphatic heterocycles. The molecule has 4 rings (SSSR count). The number of aliphatic imine (C=N–C) groups is 1. The van der Waals surface area contributed by atoms with Crippen LogP contribution >= 0.6 is 12.4 Å². The van der Waals surface area contributed by atoms with Crippen LogP contribution in [0, 0.1) is 0 Å². The van der Waals surface area contributed by atoms with Crippen molar-refractivity contribution < 1.29 is 4.79 Å². The number of nitrogens with one attached hydrogen (secondary N) is 1. The van der Waals surface area contributed by atoms with Crippen LogP contribution in [0.15, 0.2) is 53.5 Å². The lowest BCUT2D eigenvalue weighted by Crippen LogP contribution is -2.52. The molecule has 1 amide bonds. The molecule has 142 valence electrons. The average Bonchev–Trinajstić information content (AvgIpc) is 2.68. The minimum absolute atomic E-state index is 0. The molecule has 0 saturated carbocycles. The quantitative estimate of drug-likeness (QED) is 0.833. The smallest absolute Gasteiger partial charge is 0.253 e. The fourth-order valence-electron chi connectivity index (χ4n) is 3.77. The van der Waals surface area contributed by atoms with Crippen molar-refractivity contribution in [3.63, 3.8) is 0 Å². The van der Waals surface area contributed by atoms with Gasteiger partial charge in [-0.15, -0.1) is 12.4 Å². The highest BCUT2D eigenvalue weighted by Gasteiger charge is 2.38. The Balaban J connectivity index is 0.00000210. The van der Waals surface area contributed by atoms with Crippen LogP contribution in [0.1, 0.15) is 41.3 Å². The van der Waals surface area contributed by atoms with Gasteiger partial charge in [0.15, 0.2) is 0 Å². The molecule has 0 aliphatic carbocycles. The lowest BCUT2D eigenvalue weighted by atomic mass is 9.93. The third kappa shape index (κ3) is 3.65. The fraction of sp³-hybridized carbons (Fsp3) is 0.333. The summed E-state index contributed by atoms with van der Waals surface area (Å²) in [4.78, 5) is 19.4. The van der Waals surface area contributed by atoms with Crippen molar-refractivity contribution in [3.05, 3.63) is 65.2 Å². The Hall–Kier alpha value is -2.53. The van der Waals surface area contributed by atoms with E-state index in [9.17, 15) is 4.79 Å². The zero-order valence-electron chi connectivity index (χ0n) is 15.4. The van der Waals surface area contributed by atoms with Crippen LogP contribution in [0.3, 0.4) is 0 Å². The molecule has 0 unspecified atom stereocenters. The van der Waals surface area contributed by atoms with E-state index in [1.54, 1.807) is 0 Å². The summed E-state index contributed by atoms with van der Waals surface area (Å²) in [7, 11) is 0. The molecule has 5 nitrogen and oxygen atoms in total. The number of aryl methyl sites for hydroxylation is 1. The van der Waals surface area contributed by atoms with Gasteiger partial charge in [-0.2, -0.15) is 0 Å². The number of carbonyl (C=O) groups is 1. The molecule has 1 fully saturated rings. The summed E-state index contributed by atoms with van der Waals surface area (Å²) in [5.74, 6) is 0.671. The third-order valence-corrected chi connectivity index (χ3v) is 5.39. The summed E-state index contributed by atoms with van der Waals surface area (Å²) in [6, 6.07) is 15.9. The topological polar surface area (TPSA) is 70.7 Å². The van der Waals surface area contributed by atoms with Gasteiger partial charge in [0.2, 0.25) is 0 Å². The predicted molar refractivity (Wildman–Crippen MR) is 112 cm³/mol. The van der Waals surface area contributed by atoms with Gasteiger partial charge >= 0.3 is 0 Å². The second kappa shape index (κ2) is 7.61. The van der Waals surface area contributed by atoms with Crippen molar-refractivity contribution in [1.82, 2.24) is 4.90 Å². The maximum absolute atomic E-state index is 12.8. The van der Waals surface area contributed by atoms with Crippen LogP contribution in [-0.2, 0) is 6.42 Å². The minimum atomic E-state index is -0.402. The lowest BCUT2D eigenvalue weighted by Gasteiger charge is -2.42. The second-order valence-corrected chi connectivity index (χ2v) is 7.04. The number of amides is 1. The summed E-state index contributed by atoms with van der Waals surface area (Å²) < 4.78 is 0. The first-order chi connectivity index (χ1) is 12.6. The Morgan fingerprint density at radius 1 is 1.15 bits per heavy atom. The number of amidine groups is 1. The Kier molecular flexibility index (Phi) is 5.42. The van der Waals surface area contributed by atoms with Gasteiger partial charge in [0.1, 0.15) is 11.5 Å². The van der Waals surface area contributed by atoms with E-state index in [2.05, 4.69) is 12.2 Å². The number of nitrogens with zero attached hydrogens (tertiary/aromatic N) is 2. The van der Waals surface area contributed by atoms with Gasteiger partial charge in [-0.3, -0.25) is 4.79 Å². The monoisotopic (exact) mass is 384 g/mol. The van der Waals surface area contributed by atoms with Gasteiger partial charge in [-0.25, -0.2) is 4.99 Å². The van der Waals surface area contributed by atoms with Crippen molar-refractivity contribution in [2.75, 3.05) is 18.4 Å². The van der Waals surface area contributed by atoms with Gasteiger partial charge < -0.3 is 16.0 Å². The Morgan fingerprint density at radius 2 is 1.81 bits per heavy atom. The highest BCUT2D eigenvalue weighted by atomic mass is 35.5. The Bertz CT molecular complexity index is 855. The van der Waals surface area contributed by atoms with Gasteiger partial charge in [-0.1, -0.05) is 31.2 Å². The first-order valence-corrected chi connectivity index (χ1v) is 9.21. The highest BCUT2D eigenvalue weighted by Crippen LogP contribution is 2.34. The predicted octanol–water partition coefficient (Wildman–Crippen LogP) is 3.43. The third-order valence-electron chi connectivity index (χ3n) is 5.39. The number of para-hydroxylation sites is 1. The molecule has 3 N–H and O–H groups in total. The molecule has 1 saturated heterocycles. The molecule has 2 aromatic carbocycles. The van der Waals surface area contributed by atoms with Crippen LogP contribution in [0.4, 0.5) is 5.69 Å². The largest absolute Gasteiger partial charge is 0.383 e. The summed E-state index contributed by atoms with van der Waals surface area (Å²) in [6.45, 7) is 3.45. The molecule has 27 heavy (non-hydrogen) atoms. The number of hydrogen-bond donors (Lipinski definition) is 2. The highest BCUT2D eigenvalue weighted by molar-refractivity contribution is 6.04. The maximum Gasteiger partial charge on any atom is 0.253 e. The van der Waals surface area contributed by atoms with Gasteiger partial charge in [0, 0.05) is 42.7 Å². The number of piperidine rings is 1. The Labute approximate surface area is 166 Å². The molecule has 2 heterocycles. The molecule has 2 aromatic rings. The average molecular weight is 385 g/mol. The van der Waals surface area contributed by atoms with E-state index in [1.165, 1.54) is 5.56 Å². The number of benzene rings is 2. The molecule has 0 atom stereocenters. The molecule has 1 spiro atoms. The Morgan fingerprint density at radius 3 is 2.48 bits per heavy atom. The zero-order chi connectivity index (χ0) is 18.1. The zero-order valence-corrected chi connectivity index (χ0v) is 16.3. The molecule has 0 radical (unpaired) electrons. The maximum atomic E-state index is 12.8. The van der Waals surface area contributed by atoms with Crippen LogP contribution in [-0.4, -0.2) is 35.4 Å². The summed E-state index contributed by atoms with van der Waals surface area (Å²) in [5, 5.41) is 3.55. The SMILES string of the molecule is CCc1ccc(C(=O)N2CCC3(CC2)N=C(N)c2ccccc2N3)cc1.Cl. The molecule has 0 bridgehead atoms. The number of hydrogen-bond acceptors (Lipinski definition) is 4. The number of anilines is 1. The van der Waals surface area contributed by atoms with Crippen molar-refractivity contribution in [3.8, 4) is 0 Å². The first-order valence-electron chi connectivity index (χ1n) is 9.21. The van der Waals surface area contributed by atoms with E-state index in [1.807, 2.05) is 53.4 Å². The van der Waals surface area contributed by atoms with Crippen LogP contribution in [0.25, 0.3) is 0 Å². The van der Waals surface area contributed by atoms with E-state index >= 15 is 0 Å². The summed E-state index contributed by atoms with van der Waals surface area (Å²) in [6.07, 6.45) is 2.48. The van der Waals surface area contributed by atoms with E-state index in [4.69, 9.17) is 10.7 Å². The first kappa shape index (κ1) is 19.2. The van der Waals surface area contributed by atoms with Crippen molar-refractivity contribution in [2.45, 2.75) is 31.8 Å². The number of carbonyl (C=O) groups excluding carboxylic acids is 1. The van der Waals surface area contributed by atoms with Gasteiger partial charge in [0.05, 0.1) is 0 Å². The number of rotatable bonds is 2. The number of fused-ring (bicyclic) bond motifs is 1. The molecular weight excluding hydrogens is 360 g/mol. The van der Waals surface area contributed by atoms with E-state index in [0.717, 1.165) is 36.1 Å². The van der Waals surface area contributed by atoms with E-state index in [0.29, 0.717) is 18.9 Å². The van der Waals surface area contributed by atoms with Crippen LogP contribution in [0.5, 0.6) is 0 Å². The number of nitrogens with two attached hydrogens (primary N) is 1. The molecular formula is C21H25ClN4O. The lowest BCUT2D eigenvalue weighted by molar-refractivity contribution is 0.0685.